The first-order chi connectivity index (χ1) is 14.2. The van der Waals surface area contributed by atoms with Gasteiger partial charge in [0, 0.05) is 25.1 Å². The fourth-order valence-electron chi connectivity index (χ4n) is 3.57. The molecule has 1 aliphatic rings. The number of carbonyl (C=O) groups excluding carboxylic acids is 1. The molecule has 1 aromatic heterocycles. The van der Waals surface area contributed by atoms with Gasteiger partial charge in [0.2, 0.25) is 17.6 Å². The molecule has 1 unspecified atom stereocenters. The van der Waals surface area contributed by atoms with Crippen molar-refractivity contribution in [3.05, 3.63) is 60.0 Å². The van der Waals surface area contributed by atoms with Gasteiger partial charge in [0.15, 0.2) is 0 Å². The summed E-state index contributed by atoms with van der Waals surface area (Å²) < 4.78 is 16.6. The molecule has 3 aromatic rings. The van der Waals surface area contributed by atoms with Crippen LogP contribution in [0.15, 0.2) is 53.1 Å². The second kappa shape index (κ2) is 8.34. The molecule has 7 nitrogen and oxygen atoms in total. The molecule has 1 saturated heterocycles. The first-order valence-electron chi connectivity index (χ1n) is 9.65. The minimum atomic E-state index is -0.127. The Morgan fingerprint density at radius 1 is 1.14 bits per heavy atom. The summed E-state index contributed by atoms with van der Waals surface area (Å²) in [6.45, 7) is 3.51. The minimum Gasteiger partial charge on any atom is -0.496 e. The Morgan fingerprint density at radius 3 is 2.69 bits per heavy atom. The molecule has 0 bridgehead atoms. The van der Waals surface area contributed by atoms with Crippen LogP contribution in [0.2, 0.25) is 0 Å². The molecule has 1 amide bonds. The average molecular weight is 393 g/mol. The first kappa shape index (κ1) is 19.0. The van der Waals surface area contributed by atoms with E-state index in [-0.39, 0.29) is 11.8 Å². The van der Waals surface area contributed by atoms with E-state index >= 15 is 0 Å². The summed E-state index contributed by atoms with van der Waals surface area (Å²) in [5.74, 6) is 2.37. The molecule has 0 spiro atoms. The number of nitrogens with zero attached hydrogens (tertiary/aromatic N) is 3. The smallest absolute Gasteiger partial charge is 0.232 e. The van der Waals surface area contributed by atoms with Gasteiger partial charge in [-0.1, -0.05) is 35.5 Å². The van der Waals surface area contributed by atoms with Crippen LogP contribution in [0, 0.1) is 0 Å². The molecule has 1 atom stereocenters. The molecule has 29 heavy (non-hydrogen) atoms. The van der Waals surface area contributed by atoms with Crippen molar-refractivity contribution < 1.29 is 18.8 Å². The highest BCUT2D eigenvalue weighted by Crippen LogP contribution is 2.33. The summed E-state index contributed by atoms with van der Waals surface area (Å²) in [6.07, 6.45) is 0.351. The van der Waals surface area contributed by atoms with E-state index < -0.39 is 0 Å². The number of methoxy groups -OCH3 is 1. The van der Waals surface area contributed by atoms with Crippen molar-refractivity contribution in [2.75, 3.05) is 20.3 Å². The van der Waals surface area contributed by atoms with Crippen LogP contribution in [0.4, 0.5) is 0 Å². The summed E-state index contributed by atoms with van der Waals surface area (Å²) in [7, 11) is 1.63. The Hall–Kier alpha value is -3.35. The van der Waals surface area contributed by atoms with Crippen LogP contribution in [0.1, 0.15) is 30.7 Å². The average Bonchev–Trinajstić information content (AvgIpc) is 3.36. The largest absolute Gasteiger partial charge is 0.496 e. The zero-order valence-electron chi connectivity index (χ0n) is 16.5. The first-order valence-corrected chi connectivity index (χ1v) is 9.65. The lowest BCUT2D eigenvalue weighted by Gasteiger charge is -2.17. The number of amides is 1. The van der Waals surface area contributed by atoms with Gasteiger partial charge in [-0.05, 0) is 25.1 Å². The van der Waals surface area contributed by atoms with Gasteiger partial charge < -0.3 is 18.9 Å². The zero-order valence-corrected chi connectivity index (χ0v) is 16.5. The highest BCUT2D eigenvalue weighted by molar-refractivity contribution is 5.79. The van der Waals surface area contributed by atoms with E-state index in [4.69, 9.17) is 14.0 Å². The van der Waals surface area contributed by atoms with Crippen molar-refractivity contribution >= 4 is 5.91 Å². The maximum absolute atomic E-state index is 12.6. The lowest BCUT2D eigenvalue weighted by atomic mass is 10.1. The van der Waals surface area contributed by atoms with Crippen LogP contribution in [0.5, 0.6) is 11.5 Å². The molecular weight excluding hydrogens is 370 g/mol. The molecule has 7 heteroatoms. The van der Waals surface area contributed by atoms with Crippen molar-refractivity contribution in [2.24, 2.45) is 0 Å². The van der Waals surface area contributed by atoms with E-state index in [1.165, 1.54) is 0 Å². The lowest BCUT2D eigenvalue weighted by Crippen LogP contribution is -2.24. The molecule has 1 aliphatic heterocycles. The summed E-state index contributed by atoms with van der Waals surface area (Å²) in [5, 5.41) is 4.12. The van der Waals surface area contributed by atoms with Crippen molar-refractivity contribution in [2.45, 2.75) is 25.8 Å². The van der Waals surface area contributed by atoms with Crippen molar-refractivity contribution in [1.29, 1.82) is 0 Å². The molecule has 2 heterocycles. The molecular formula is C22H23N3O4. The maximum atomic E-state index is 12.6. The second-order valence-electron chi connectivity index (χ2n) is 6.87. The van der Waals surface area contributed by atoms with E-state index in [0.29, 0.717) is 43.6 Å². The van der Waals surface area contributed by atoms with Gasteiger partial charge in [-0.2, -0.15) is 4.98 Å². The third-order valence-corrected chi connectivity index (χ3v) is 4.99. The predicted octanol–water partition coefficient (Wildman–Crippen LogP) is 3.66. The van der Waals surface area contributed by atoms with E-state index in [9.17, 15) is 4.79 Å². The number of carbonyl (C=O) groups is 1. The van der Waals surface area contributed by atoms with Gasteiger partial charge in [-0.25, -0.2) is 0 Å². The van der Waals surface area contributed by atoms with E-state index in [2.05, 4.69) is 10.1 Å². The van der Waals surface area contributed by atoms with Crippen LogP contribution in [-0.4, -0.2) is 41.2 Å². The normalized spacial score (nSPS) is 16.3. The molecule has 0 radical (unpaired) electrons. The number of hydrogen-bond donors (Lipinski definition) is 0. The third-order valence-electron chi connectivity index (χ3n) is 4.99. The minimum absolute atomic E-state index is 0.0652. The van der Waals surface area contributed by atoms with E-state index in [0.717, 1.165) is 16.9 Å². The van der Waals surface area contributed by atoms with Crippen LogP contribution in [-0.2, 0) is 11.3 Å². The van der Waals surface area contributed by atoms with Crippen LogP contribution >= 0.6 is 0 Å². The highest BCUT2D eigenvalue weighted by atomic mass is 16.5. The molecule has 4 rings (SSSR count). The third kappa shape index (κ3) is 3.94. The Kier molecular flexibility index (Phi) is 5.46. The number of rotatable bonds is 7. The Morgan fingerprint density at radius 2 is 1.90 bits per heavy atom. The van der Waals surface area contributed by atoms with E-state index in [1.807, 2.05) is 55.5 Å². The van der Waals surface area contributed by atoms with Crippen molar-refractivity contribution in [1.82, 2.24) is 15.0 Å². The van der Waals surface area contributed by atoms with Gasteiger partial charge >= 0.3 is 0 Å². The fraction of sp³-hybridized carbons (Fsp3) is 0.318. The van der Waals surface area contributed by atoms with Gasteiger partial charge in [0.25, 0.3) is 0 Å². The zero-order chi connectivity index (χ0) is 20.2. The summed E-state index contributed by atoms with van der Waals surface area (Å²) in [5.41, 5.74) is 1.75. The number of aromatic nitrogens is 2. The van der Waals surface area contributed by atoms with Gasteiger partial charge in [0.05, 0.1) is 25.2 Å². The van der Waals surface area contributed by atoms with Crippen molar-refractivity contribution in [3.8, 4) is 22.9 Å². The molecule has 0 saturated carbocycles. The van der Waals surface area contributed by atoms with Crippen LogP contribution in [0.3, 0.4) is 0 Å². The maximum Gasteiger partial charge on any atom is 0.232 e. The van der Waals surface area contributed by atoms with Gasteiger partial charge in [0.1, 0.15) is 11.5 Å². The molecule has 1 fully saturated rings. The Balaban J connectivity index is 1.50. The SMILES string of the molecule is CCOc1ccccc1-c1noc(C2CC(=O)N(Cc3ccccc3OC)C2)n1. The van der Waals surface area contributed by atoms with Gasteiger partial charge in [-0.15, -0.1) is 0 Å². The molecule has 2 aromatic carbocycles. The standard InChI is InChI=1S/C22H23N3O4/c1-3-28-19-11-7-5-9-17(19)21-23-22(29-24-21)16-12-20(26)25(14-16)13-15-8-4-6-10-18(15)27-2/h4-11,16H,3,12-14H2,1-2H3. The van der Waals surface area contributed by atoms with Crippen LogP contribution < -0.4 is 9.47 Å². The summed E-state index contributed by atoms with van der Waals surface area (Å²) >= 11 is 0. The van der Waals surface area contributed by atoms with E-state index in [1.54, 1.807) is 12.0 Å². The number of benzene rings is 2. The number of ether oxygens (including phenoxy) is 2. The predicted molar refractivity (Wildman–Crippen MR) is 107 cm³/mol. The monoisotopic (exact) mass is 393 g/mol. The van der Waals surface area contributed by atoms with Crippen LogP contribution in [0.25, 0.3) is 11.4 Å². The molecule has 0 aliphatic carbocycles. The summed E-state index contributed by atoms with van der Waals surface area (Å²) in [6, 6.07) is 15.3. The number of hydrogen-bond acceptors (Lipinski definition) is 6. The number of para-hydroxylation sites is 2. The summed E-state index contributed by atoms with van der Waals surface area (Å²) in [4.78, 5) is 18.9. The lowest BCUT2D eigenvalue weighted by molar-refractivity contribution is -0.128. The topological polar surface area (TPSA) is 77.7 Å². The van der Waals surface area contributed by atoms with Crippen molar-refractivity contribution in [3.63, 3.8) is 0 Å². The Labute approximate surface area is 169 Å². The highest BCUT2D eigenvalue weighted by Gasteiger charge is 2.34. The molecule has 0 N–H and O–H groups in total. The fourth-order valence-corrected chi connectivity index (χ4v) is 3.57. The second-order valence-corrected chi connectivity index (χ2v) is 6.87. The van der Waals surface area contributed by atoms with Gasteiger partial charge in [-0.3, -0.25) is 4.79 Å². The quantitative estimate of drug-likeness (QED) is 0.610. The Bertz CT molecular complexity index is 1000. The number of likely N-dealkylation sites (tertiary alicyclic amines) is 1. The molecule has 150 valence electrons.